The fourth-order valence-electron chi connectivity index (χ4n) is 1.96. The summed E-state index contributed by atoms with van der Waals surface area (Å²) in [4.78, 5) is 23.5. The molecule has 1 N–H and O–H groups in total. The molecule has 130 valence electrons. The summed E-state index contributed by atoms with van der Waals surface area (Å²) in [5.74, 6) is -3.60. The quantitative estimate of drug-likeness (QED) is 0.516. The second-order valence-corrected chi connectivity index (χ2v) is 5.46. The number of nitrogens with one attached hydrogen (secondary N) is 1. The molecule has 0 atom stereocenters. The van der Waals surface area contributed by atoms with Gasteiger partial charge in [-0.15, -0.1) is 13.2 Å². The van der Waals surface area contributed by atoms with Gasteiger partial charge in [-0.2, -0.15) is 0 Å². The molecule has 1 aliphatic rings. The average Bonchev–Trinajstić information content (AvgIpc) is 2.33. The number of carbonyl (C=O) groups is 2. The maximum atomic E-state index is 12.3. The molecule has 0 spiro atoms. The Kier molecular flexibility index (Phi) is 4.46. The van der Waals surface area contributed by atoms with E-state index in [1.165, 1.54) is 26.0 Å². The Morgan fingerprint density at radius 3 is 2.25 bits per heavy atom. The normalized spacial score (nSPS) is 17.0. The van der Waals surface area contributed by atoms with E-state index in [1.807, 2.05) is 0 Å². The van der Waals surface area contributed by atoms with E-state index < -0.39 is 35.4 Å². The number of anilines is 1. The number of halogens is 3. The van der Waals surface area contributed by atoms with Gasteiger partial charge >= 0.3 is 18.3 Å². The van der Waals surface area contributed by atoms with Crippen LogP contribution in [0.1, 0.15) is 19.4 Å². The number of hydrogen-bond donors (Lipinski definition) is 1. The van der Waals surface area contributed by atoms with Crippen molar-refractivity contribution in [1.29, 1.82) is 0 Å². The first-order valence-corrected chi connectivity index (χ1v) is 6.76. The molecule has 6 nitrogen and oxygen atoms in total. The van der Waals surface area contributed by atoms with Gasteiger partial charge in [0.15, 0.2) is 5.57 Å². The van der Waals surface area contributed by atoms with Crippen molar-refractivity contribution in [1.82, 2.24) is 0 Å². The molecule has 1 fully saturated rings. The molecule has 1 aromatic rings. The van der Waals surface area contributed by atoms with Gasteiger partial charge in [-0.25, -0.2) is 9.59 Å². The smallest absolute Gasteiger partial charge is 0.419 e. The number of carbonyl (C=O) groups excluding carboxylic acids is 2. The number of ether oxygens (including phenoxy) is 3. The van der Waals surface area contributed by atoms with Gasteiger partial charge in [-0.1, -0.05) is 0 Å². The highest BCUT2D eigenvalue weighted by Gasteiger charge is 2.39. The monoisotopic (exact) mass is 345 g/mol. The number of rotatable bonds is 3. The van der Waals surface area contributed by atoms with Crippen LogP contribution in [-0.4, -0.2) is 24.1 Å². The van der Waals surface area contributed by atoms with E-state index >= 15 is 0 Å². The molecule has 0 bridgehead atoms. The molecule has 0 aliphatic carbocycles. The SMILES string of the molecule is Cc1cc(NC=C2C(=O)OC(C)(C)OC2=O)cc(OC(F)(F)F)c1. The zero-order chi connectivity index (χ0) is 18.1. The summed E-state index contributed by atoms with van der Waals surface area (Å²) in [7, 11) is 0. The van der Waals surface area contributed by atoms with E-state index in [0.717, 1.165) is 12.3 Å². The van der Waals surface area contributed by atoms with Crippen molar-refractivity contribution >= 4 is 17.6 Å². The highest BCUT2D eigenvalue weighted by Crippen LogP contribution is 2.27. The number of hydrogen-bond acceptors (Lipinski definition) is 6. The minimum absolute atomic E-state index is 0.187. The van der Waals surface area contributed by atoms with Crippen LogP contribution in [0, 0.1) is 6.92 Å². The van der Waals surface area contributed by atoms with Crippen LogP contribution >= 0.6 is 0 Å². The summed E-state index contributed by atoms with van der Waals surface area (Å²) in [6.45, 7) is 4.36. The van der Waals surface area contributed by atoms with Crippen LogP contribution in [0.25, 0.3) is 0 Å². The Morgan fingerprint density at radius 2 is 1.71 bits per heavy atom. The minimum Gasteiger partial charge on any atom is -0.419 e. The second-order valence-electron chi connectivity index (χ2n) is 5.46. The third kappa shape index (κ3) is 4.64. The van der Waals surface area contributed by atoms with E-state index in [0.29, 0.717) is 5.56 Å². The molecule has 1 saturated heterocycles. The molecular formula is C15H14F3NO5. The summed E-state index contributed by atoms with van der Waals surface area (Å²) < 4.78 is 50.5. The molecule has 1 aliphatic heterocycles. The molecule has 0 radical (unpaired) electrons. The Balaban J connectivity index is 2.19. The number of cyclic esters (lactones) is 2. The molecule has 24 heavy (non-hydrogen) atoms. The van der Waals surface area contributed by atoms with Gasteiger partial charge in [0.1, 0.15) is 5.75 Å². The van der Waals surface area contributed by atoms with Crippen LogP contribution < -0.4 is 10.1 Å². The van der Waals surface area contributed by atoms with Crippen molar-refractivity contribution in [3.05, 3.63) is 35.5 Å². The van der Waals surface area contributed by atoms with Crippen LogP contribution in [0.3, 0.4) is 0 Å². The van der Waals surface area contributed by atoms with Gasteiger partial charge < -0.3 is 19.5 Å². The van der Waals surface area contributed by atoms with Crippen LogP contribution in [0.4, 0.5) is 18.9 Å². The molecule has 9 heteroatoms. The highest BCUT2D eigenvalue weighted by molar-refractivity contribution is 6.15. The van der Waals surface area contributed by atoms with Crippen LogP contribution in [-0.2, 0) is 19.1 Å². The third-order valence-electron chi connectivity index (χ3n) is 2.78. The number of aryl methyl sites for hydroxylation is 1. The van der Waals surface area contributed by atoms with Crippen molar-refractivity contribution < 1.29 is 37.0 Å². The van der Waals surface area contributed by atoms with Crippen LogP contribution in [0.2, 0.25) is 0 Å². The van der Waals surface area contributed by atoms with Gasteiger partial charge in [0.25, 0.3) is 5.79 Å². The van der Waals surface area contributed by atoms with Gasteiger partial charge in [0.2, 0.25) is 0 Å². The molecule has 1 aromatic carbocycles. The van der Waals surface area contributed by atoms with Gasteiger partial charge in [-0.05, 0) is 24.6 Å². The molecule has 0 amide bonds. The Morgan fingerprint density at radius 1 is 1.12 bits per heavy atom. The Hall–Kier alpha value is -2.71. The van der Waals surface area contributed by atoms with Gasteiger partial charge in [0.05, 0.1) is 0 Å². The van der Waals surface area contributed by atoms with Crippen molar-refractivity contribution in [3.8, 4) is 5.75 Å². The summed E-state index contributed by atoms with van der Waals surface area (Å²) >= 11 is 0. The summed E-state index contributed by atoms with van der Waals surface area (Å²) in [5.41, 5.74) is 0.258. The number of benzene rings is 1. The molecular weight excluding hydrogens is 331 g/mol. The lowest BCUT2D eigenvalue weighted by Crippen LogP contribution is -2.42. The summed E-state index contributed by atoms with van der Waals surface area (Å²) in [5, 5.41) is 2.56. The summed E-state index contributed by atoms with van der Waals surface area (Å²) in [6, 6.07) is 3.77. The Bertz CT molecular complexity index is 688. The second kappa shape index (κ2) is 6.06. The fraction of sp³-hybridized carbons (Fsp3) is 0.333. The lowest BCUT2D eigenvalue weighted by atomic mass is 10.2. The lowest BCUT2D eigenvalue weighted by molar-refractivity contribution is -0.274. The topological polar surface area (TPSA) is 73.9 Å². The molecule has 2 rings (SSSR count). The summed E-state index contributed by atoms with van der Waals surface area (Å²) in [6.07, 6.45) is -3.82. The van der Waals surface area contributed by atoms with E-state index in [9.17, 15) is 22.8 Å². The lowest BCUT2D eigenvalue weighted by Gasteiger charge is -2.29. The van der Waals surface area contributed by atoms with Crippen LogP contribution in [0.15, 0.2) is 30.0 Å². The average molecular weight is 345 g/mol. The van der Waals surface area contributed by atoms with Gasteiger partial charge in [0, 0.05) is 31.8 Å². The van der Waals surface area contributed by atoms with E-state index in [-0.39, 0.29) is 5.69 Å². The first-order valence-electron chi connectivity index (χ1n) is 6.76. The molecule has 0 saturated carbocycles. The third-order valence-corrected chi connectivity index (χ3v) is 2.78. The standard InChI is InChI=1S/C15H14F3NO5/c1-8-4-9(6-10(5-8)22-15(16,17)18)19-7-11-12(20)23-14(2,3)24-13(11)21/h4-7,19H,1-3H3. The number of alkyl halides is 3. The fourth-order valence-corrected chi connectivity index (χ4v) is 1.96. The predicted molar refractivity (Wildman–Crippen MR) is 75.8 cm³/mol. The molecule has 0 unspecified atom stereocenters. The first kappa shape index (κ1) is 17.6. The van der Waals surface area contributed by atoms with Crippen molar-refractivity contribution in [2.45, 2.75) is 32.9 Å². The maximum absolute atomic E-state index is 12.3. The largest absolute Gasteiger partial charge is 0.573 e. The van der Waals surface area contributed by atoms with Crippen LogP contribution in [0.5, 0.6) is 5.75 Å². The van der Waals surface area contributed by atoms with E-state index in [2.05, 4.69) is 10.1 Å². The van der Waals surface area contributed by atoms with Crippen molar-refractivity contribution in [2.75, 3.05) is 5.32 Å². The van der Waals surface area contributed by atoms with E-state index in [1.54, 1.807) is 6.92 Å². The van der Waals surface area contributed by atoms with E-state index in [4.69, 9.17) is 9.47 Å². The Labute approximate surface area is 135 Å². The zero-order valence-electron chi connectivity index (χ0n) is 13.0. The number of esters is 2. The van der Waals surface area contributed by atoms with Crippen molar-refractivity contribution in [3.63, 3.8) is 0 Å². The predicted octanol–water partition coefficient (Wildman–Crippen LogP) is 3.03. The highest BCUT2D eigenvalue weighted by atomic mass is 19.4. The maximum Gasteiger partial charge on any atom is 0.573 e. The molecule has 0 aromatic heterocycles. The molecule has 1 heterocycles. The minimum atomic E-state index is -4.83. The van der Waals surface area contributed by atoms with Crippen molar-refractivity contribution in [2.24, 2.45) is 0 Å². The zero-order valence-corrected chi connectivity index (χ0v) is 13.0. The van der Waals surface area contributed by atoms with Gasteiger partial charge in [-0.3, -0.25) is 0 Å². The first-order chi connectivity index (χ1) is 11.0.